The van der Waals surface area contributed by atoms with Crippen molar-refractivity contribution in [3.63, 3.8) is 0 Å². The van der Waals surface area contributed by atoms with E-state index in [1.54, 1.807) is 18.2 Å². The molecule has 118 valence electrons. The van der Waals surface area contributed by atoms with Gasteiger partial charge in [0.15, 0.2) is 5.52 Å². The monoisotopic (exact) mass is 362 g/mol. The van der Waals surface area contributed by atoms with Gasteiger partial charge in [-0.15, -0.1) is 0 Å². The van der Waals surface area contributed by atoms with Gasteiger partial charge >= 0.3 is 18.9 Å². The number of halogens is 2. The zero-order chi connectivity index (χ0) is 16.1. The van der Waals surface area contributed by atoms with Crippen LogP contribution in [0.1, 0.15) is 29.3 Å². The quantitative estimate of drug-likeness (QED) is 0.555. The summed E-state index contributed by atoms with van der Waals surface area (Å²) in [7, 11) is -0.0173. The second-order valence-corrected chi connectivity index (χ2v) is 6.93. The summed E-state index contributed by atoms with van der Waals surface area (Å²) >= 11 is 12.2. The Kier molecular flexibility index (Phi) is 8.70. The van der Waals surface area contributed by atoms with Gasteiger partial charge in [-0.2, -0.15) is 0 Å². The fraction of sp³-hybridized carbons (Fsp3) is 0.235. The minimum atomic E-state index is -0.0547. The summed E-state index contributed by atoms with van der Waals surface area (Å²) in [6.45, 7) is 4.73. The first-order valence-electron chi connectivity index (χ1n) is 7.01. The van der Waals surface area contributed by atoms with Crippen molar-refractivity contribution in [1.29, 1.82) is 0 Å². The van der Waals surface area contributed by atoms with Gasteiger partial charge in [0.05, 0.1) is 22.2 Å². The molecule has 0 fully saturated rings. The first kappa shape index (κ1) is 20.6. The summed E-state index contributed by atoms with van der Waals surface area (Å²) in [4.78, 5) is 12.5. The van der Waals surface area contributed by atoms with E-state index in [0.717, 1.165) is 23.0 Å². The Hall–Kier alpha value is -0.483. The molecule has 0 radical (unpaired) electrons. The summed E-state index contributed by atoms with van der Waals surface area (Å²) < 4.78 is 5.59. The van der Waals surface area contributed by atoms with Crippen LogP contribution in [-0.4, -0.2) is 31.0 Å². The van der Waals surface area contributed by atoms with E-state index in [2.05, 4.69) is 6.92 Å². The molecule has 0 aliphatic rings. The van der Waals surface area contributed by atoms with Crippen molar-refractivity contribution in [1.82, 2.24) is 0 Å². The number of carbonyl (C=O) groups excluding carboxylic acids is 1. The molecule has 0 aromatic heterocycles. The average Bonchev–Trinajstić information content (AvgIpc) is 2.47. The number of hydrogen-bond donors (Lipinski definition) is 0. The van der Waals surface area contributed by atoms with E-state index >= 15 is 0 Å². The Morgan fingerprint density at radius 1 is 1.17 bits per heavy atom. The van der Waals surface area contributed by atoms with Crippen LogP contribution in [0.2, 0.25) is 10.0 Å². The molecule has 0 aliphatic heterocycles. The Labute approximate surface area is 160 Å². The summed E-state index contributed by atoms with van der Waals surface area (Å²) in [5.74, 6) is 0.830. The van der Waals surface area contributed by atoms with E-state index in [4.69, 9.17) is 27.9 Å². The first-order chi connectivity index (χ1) is 10.5. The van der Waals surface area contributed by atoms with Crippen LogP contribution in [0.4, 0.5) is 0 Å². The van der Waals surface area contributed by atoms with Gasteiger partial charge in [-0.25, -0.2) is 0 Å². The minimum absolute atomic E-state index is 0. The van der Waals surface area contributed by atoms with Crippen LogP contribution in [0.25, 0.3) is 0 Å². The van der Waals surface area contributed by atoms with Gasteiger partial charge in [-0.1, -0.05) is 42.3 Å². The van der Waals surface area contributed by atoms with Crippen molar-refractivity contribution in [3.8, 4) is 5.75 Å². The normalized spacial score (nSPS) is 10.6. The van der Waals surface area contributed by atoms with E-state index in [0.29, 0.717) is 22.2 Å². The molecule has 23 heavy (non-hydrogen) atoms. The standard InChI is InChI=1S/C17H17Cl2O2P.Li.H/c1-3-9-21-12-7-8-15(11(2)10-12)22-17(20)16-13(18)5-4-6-14(16)19;;/h4-8,10,22H,3,9H2,1-2H3;;. The number of rotatable bonds is 6. The molecule has 2 nitrogen and oxygen atoms in total. The van der Waals surface area contributed by atoms with E-state index < -0.39 is 0 Å². The molecule has 2 rings (SSSR count). The molecule has 1 unspecified atom stereocenters. The fourth-order valence-electron chi connectivity index (χ4n) is 1.99. The Morgan fingerprint density at radius 2 is 1.83 bits per heavy atom. The number of benzene rings is 2. The SMILES string of the molecule is CCCOc1ccc(PC(=O)c2c(Cl)cccc2Cl)c(C)c1.[LiH]. The van der Waals surface area contributed by atoms with Crippen LogP contribution >= 0.6 is 31.8 Å². The van der Waals surface area contributed by atoms with Crippen molar-refractivity contribution >= 4 is 61.5 Å². The van der Waals surface area contributed by atoms with Gasteiger partial charge in [0.1, 0.15) is 5.75 Å². The molecule has 0 N–H and O–H groups in total. The molecule has 2 aromatic carbocycles. The molecule has 6 heteroatoms. The van der Waals surface area contributed by atoms with Crippen molar-refractivity contribution in [2.75, 3.05) is 6.61 Å². The fourth-order valence-corrected chi connectivity index (χ4v) is 3.79. The molecule has 0 saturated carbocycles. The summed E-state index contributed by atoms with van der Waals surface area (Å²) in [5, 5.41) is 1.76. The van der Waals surface area contributed by atoms with Crippen molar-refractivity contribution in [2.24, 2.45) is 0 Å². The summed E-state index contributed by atoms with van der Waals surface area (Å²) in [5.41, 5.74) is 1.37. The molecular weight excluding hydrogens is 345 g/mol. The molecule has 0 aliphatic carbocycles. The zero-order valence-corrected chi connectivity index (χ0v) is 15.0. The van der Waals surface area contributed by atoms with Gasteiger partial charge in [-0.05, 0) is 57.1 Å². The molecule has 0 heterocycles. The number of carbonyl (C=O) groups is 1. The molecule has 0 bridgehead atoms. The molecular formula is C17H18Cl2LiO2P. The number of aryl methyl sites for hydroxylation is 1. The molecule has 0 spiro atoms. The predicted molar refractivity (Wildman–Crippen MR) is 103 cm³/mol. The van der Waals surface area contributed by atoms with Crippen molar-refractivity contribution in [2.45, 2.75) is 20.3 Å². The van der Waals surface area contributed by atoms with Crippen LogP contribution in [0, 0.1) is 6.92 Å². The second kappa shape index (κ2) is 9.73. The third kappa shape index (κ3) is 5.52. The van der Waals surface area contributed by atoms with Crippen LogP contribution in [0.15, 0.2) is 36.4 Å². The van der Waals surface area contributed by atoms with Crippen molar-refractivity contribution in [3.05, 3.63) is 57.6 Å². The number of ether oxygens (including phenoxy) is 1. The van der Waals surface area contributed by atoms with Crippen LogP contribution in [0.3, 0.4) is 0 Å². The van der Waals surface area contributed by atoms with Gasteiger partial charge in [0.25, 0.3) is 0 Å². The maximum absolute atomic E-state index is 12.5. The Balaban J connectivity index is 0.00000264. The topological polar surface area (TPSA) is 26.3 Å². The maximum atomic E-state index is 12.5. The Bertz CT molecular complexity index is 672. The van der Waals surface area contributed by atoms with Gasteiger partial charge < -0.3 is 4.74 Å². The van der Waals surface area contributed by atoms with Crippen LogP contribution in [-0.2, 0) is 0 Å². The van der Waals surface area contributed by atoms with Crippen LogP contribution < -0.4 is 10.0 Å². The van der Waals surface area contributed by atoms with Gasteiger partial charge in [0.2, 0.25) is 0 Å². The zero-order valence-electron chi connectivity index (χ0n) is 12.5. The van der Waals surface area contributed by atoms with E-state index in [1.165, 1.54) is 0 Å². The first-order valence-corrected chi connectivity index (χ1v) is 8.77. The average molecular weight is 363 g/mol. The molecule has 2 aromatic rings. The van der Waals surface area contributed by atoms with Gasteiger partial charge in [-0.3, -0.25) is 4.79 Å². The molecule has 0 saturated heterocycles. The van der Waals surface area contributed by atoms with E-state index in [-0.39, 0.29) is 33.0 Å². The Morgan fingerprint density at radius 3 is 2.39 bits per heavy atom. The van der Waals surface area contributed by atoms with E-state index in [9.17, 15) is 4.79 Å². The predicted octanol–water partition coefficient (Wildman–Crippen LogP) is 4.59. The third-order valence-corrected chi connectivity index (χ3v) is 5.05. The number of hydrogen-bond acceptors (Lipinski definition) is 2. The molecule has 0 amide bonds. The molecule has 1 atom stereocenters. The van der Waals surface area contributed by atoms with E-state index in [1.807, 2.05) is 25.1 Å². The third-order valence-electron chi connectivity index (χ3n) is 3.11. The van der Waals surface area contributed by atoms with Gasteiger partial charge in [0, 0.05) is 0 Å². The second-order valence-electron chi connectivity index (χ2n) is 4.88. The van der Waals surface area contributed by atoms with Crippen molar-refractivity contribution < 1.29 is 9.53 Å². The summed E-state index contributed by atoms with van der Waals surface area (Å²) in [6, 6.07) is 10.9. The van der Waals surface area contributed by atoms with Crippen LogP contribution in [0.5, 0.6) is 5.75 Å². The summed E-state index contributed by atoms with van der Waals surface area (Å²) in [6.07, 6.45) is 0.964.